The minimum Gasteiger partial charge on any atom is -0.480 e. The van der Waals surface area contributed by atoms with Gasteiger partial charge in [-0.25, -0.2) is 9.78 Å². The van der Waals surface area contributed by atoms with Crippen molar-refractivity contribution in [3.63, 3.8) is 0 Å². The molecular formula is C25H31N3O3S. The highest BCUT2D eigenvalue weighted by molar-refractivity contribution is 7.99. The highest BCUT2D eigenvalue weighted by Crippen LogP contribution is 2.37. The van der Waals surface area contributed by atoms with Gasteiger partial charge in [-0.15, -0.1) is 0 Å². The molecule has 1 aromatic heterocycles. The van der Waals surface area contributed by atoms with Gasteiger partial charge in [0.15, 0.2) is 5.16 Å². The summed E-state index contributed by atoms with van der Waals surface area (Å²) in [6.45, 7) is 6.38. The molecule has 1 unspecified atom stereocenters. The maximum Gasteiger partial charge on any atom is 0.327 e. The first kappa shape index (κ1) is 23.9. The number of hydrogen-bond acceptors (Lipinski definition) is 4. The van der Waals surface area contributed by atoms with Gasteiger partial charge in [-0.05, 0) is 36.0 Å². The number of amides is 1. The standard InChI is InChI=1S/C25H31N3O3S/c1-25(2,3)22(23(30)31)28-20-13-8-7-12-19(20)27-24(28)32-17-9-16-26-21(29)15-14-18-10-5-4-6-11-18/h4-8,10-13,22H,9,14-17H2,1-3H3,(H,26,29)(H,30,31). The van der Waals surface area contributed by atoms with Crippen molar-refractivity contribution in [2.24, 2.45) is 5.41 Å². The molecule has 6 nitrogen and oxygen atoms in total. The van der Waals surface area contributed by atoms with Crippen molar-refractivity contribution in [3.05, 3.63) is 60.2 Å². The number of carbonyl (C=O) groups is 2. The molecule has 3 aromatic rings. The van der Waals surface area contributed by atoms with Crippen molar-refractivity contribution in [2.75, 3.05) is 12.3 Å². The zero-order valence-corrected chi connectivity index (χ0v) is 19.7. The van der Waals surface area contributed by atoms with E-state index in [1.165, 1.54) is 11.8 Å². The van der Waals surface area contributed by atoms with Gasteiger partial charge in [-0.1, -0.05) is 75.0 Å². The Morgan fingerprint density at radius 1 is 1.09 bits per heavy atom. The molecule has 0 aliphatic heterocycles. The molecule has 1 heterocycles. The van der Waals surface area contributed by atoms with Crippen LogP contribution in [0.5, 0.6) is 0 Å². The lowest BCUT2D eigenvalue weighted by molar-refractivity contribution is -0.144. The summed E-state index contributed by atoms with van der Waals surface area (Å²) < 4.78 is 1.85. The molecule has 0 aliphatic carbocycles. The third-order valence-corrected chi connectivity index (χ3v) is 6.27. The van der Waals surface area contributed by atoms with E-state index in [1.54, 1.807) is 0 Å². The summed E-state index contributed by atoms with van der Waals surface area (Å²) in [6.07, 6.45) is 1.98. The van der Waals surface area contributed by atoms with Crippen molar-refractivity contribution in [1.29, 1.82) is 0 Å². The van der Waals surface area contributed by atoms with Gasteiger partial charge in [0.2, 0.25) is 5.91 Å². The average Bonchev–Trinajstić information content (AvgIpc) is 3.09. The van der Waals surface area contributed by atoms with Crippen LogP contribution in [-0.2, 0) is 16.0 Å². The van der Waals surface area contributed by atoms with Crippen molar-refractivity contribution in [1.82, 2.24) is 14.9 Å². The number of thioether (sulfide) groups is 1. The molecule has 2 aromatic carbocycles. The lowest BCUT2D eigenvalue weighted by atomic mass is 9.86. The molecule has 0 saturated heterocycles. The predicted octanol–water partition coefficient (Wildman–Crippen LogP) is 4.94. The second-order valence-corrected chi connectivity index (χ2v) is 9.96. The normalized spacial score (nSPS) is 12.6. The van der Waals surface area contributed by atoms with E-state index in [0.29, 0.717) is 18.1 Å². The van der Waals surface area contributed by atoms with E-state index in [-0.39, 0.29) is 5.91 Å². The fourth-order valence-electron chi connectivity index (χ4n) is 3.70. The van der Waals surface area contributed by atoms with Crippen molar-refractivity contribution in [3.8, 4) is 0 Å². The van der Waals surface area contributed by atoms with Gasteiger partial charge in [-0.3, -0.25) is 4.79 Å². The predicted molar refractivity (Wildman–Crippen MR) is 129 cm³/mol. The molecule has 170 valence electrons. The Balaban J connectivity index is 1.58. The quantitative estimate of drug-likeness (QED) is 0.336. The molecular weight excluding hydrogens is 422 g/mol. The SMILES string of the molecule is CC(C)(C)C(C(=O)O)n1c(SCCCNC(=O)CCc2ccccc2)nc2ccccc21. The number of aryl methyl sites for hydroxylation is 1. The number of fused-ring (bicyclic) bond motifs is 1. The average molecular weight is 454 g/mol. The molecule has 0 radical (unpaired) electrons. The number of aliphatic carboxylic acids is 1. The smallest absolute Gasteiger partial charge is 0.327 e. The van der Waals surface area contributed by atoms with Crippen LogP contribution in [0.15, 0.2) is 59.8 Å². The minimum absolute atomic E-state index is 0.0461. The van der Waals surface area contributed by atoms with Gasteiger partial charge in [0.1, 0.15) is 6.04 Å². The third-order valence-electron chi connectivity index (χ3n) is 5.23. The highest BCUT2D eigenvalue weighted by atomic mass is 32.2. The second-order valence-electron chi connectivity index (χ2n) is 8.90. The summed E-state index contributed by atoms with van der Waals surface area (Å²) in [7, 11) is 0. The summed E-state index contributed by atoms with van der Waals surface area (Å²) in [4.78, 5) is 28.9. The summed E-state index contributed by atoms with van der Waals surface area (Å²) in [5.74, 6) is -0.0865. The molecule has 0 saturated carbocycles. The largest absolute Gasteiger partial charge is 0.480 e. The number of imidazole rings is 1. The zero-order valence-electron chi connectivity index (χ0n) is 18.9. The molecule has 2 N–H and O–H groups in total. The number of carboxylic acid groups (broad SMARTS) is 1. The van der Waals surface area contributed by atoms with Crippen LogP contribution in [-0.4, -0.2) is 38.8 Å². The van der Waals surface area contributed by atoms with Crippen molar-refractivity contribution < 1.29 is 14.7 Å². The lowest BCUT2D eigenvalue weighted by Crippen LogP contribution is -2.32. The van der Waals surface area contributed by atoms with E-state index in [0.717, 1.165) is 35.2 Å². The van der Waals surface area contributed by atoms with Crippen LogP contribution in [0.25, 0.3) is 11.0 Å². The van der Waals surface area contributed by atoms with Crippen LogP contribution in [0.2, 0.25) is 0 Å². The first-order valence-corrected chi connectivity index (χ1v) is 11.9. The number of aromatic nitrogens is 2. The van der Waals surface area contributed by atoms with Crippen LogP contribution in [0.4, 0.5) is 0 Å². The topological polar surface area (TPSA) is 84.2 Å². The number of nitrogens with one attached hydrogen (secondary N) is 1. The van der Waals surface area contributed by atoms with Gasteiger partial charge >= 0.3 is 5.97 Å². The number of benzene rings is 2. The second kappa shape index (κ2) is 10.7. The van der Waals surface area contributed by atoms with Crippen LogP contribution < -0.4 is 5.32 Å². The molecule has 3 rings (SSSR count). The molecule has 0 aliphatic rings. The van der Waals surface area contributed by atoms with Gasteiger partial charge in [0.05, 0.1) is 11.0 Å². The van der Waals surface area contributed by atoms with E-state index in [1.807, 2.05) is 79.9 Å². The van der Waals surface area contributed by atoms with Crippen molar-refractivity contribution >= 4 is 34.7 Å². The Bertz CT molecular complexity index is 1060. The molecule has 1 atom stereocenters. The Morgan fingerprint density at radius 2 is 1.78 bits per heavy atom. The van der Waals surface area contributed by atoms with E-state index in [4.69, 9.17) is 4.98 Å². The summed E-state index contributed by atoms with van der Waals surface area (Å²) in [5.41, 5.74) is 2.30. The Morgan fingerprint density at radius 3 is 2.47 bits per heavy atom. The number of nitrogens with zero attached hydrogens (tertiary/aromatic N) is 2. The number of hydrogen-bond donors (Lipinski definition) is 2. The first-order valence-electron chi connectivity index (χ1n) is 10.9. The summed E-state index contributed by atoms with van der Waals surface area (Å²) >= 11 is 1.53. The highest BCUT2D eigenvalue weighted by Gasteiger charge is 2.35. The van der Waals surface area contributed by atoms with Crippen LogP contribution in [0, 0.1) is 5.41 Å². The van der Waals surface area contributed by atoms with E-state index < -0.39 is 17.4 Å². The Labute approximate surface area is 193 Å². The Kier molecular flexibility index (Phi) is 7.96. The zero-order chi connectivity index (χ0) is 23.1. The molecule has 0 fully saturated rings. The van der Waals surface area contributed by atoms with Crippen molar-refractivity contribution in [2.45, 2.75) is 51.2 Å². The first-order chi connectivity index (χ1) is 15.3. The number of para-hydroxylation sites is 2. The number of carbonyl (C=O) groups excluding carboxylic acids is 1. The lowest BCUT2D eigenvalue weighted by Gasteiger charge is -2.29. The molecule has 7 heteroatoms. The van der Waals surface area contributed by atoms with Crippen LogP contribution >= 0.6 is 11.8 Å². The summed E-state index contributed by atoms with van der Waals surface area (Å²) in [6, 6.07) is 16.9. The third kappa shape index (κ3) is 6.13. The maximum absolute atomic E-state index is 12.2. The Hall–Kier alpha value is -2.80. The number of rotatable bonds is 10. The molecule has 1 amide bonds. The van der Waals surface area contributed by atoms with E-state index >= 15 is 0 Å². The monoisotopic (exact) mass is 453 g/mol. The van der Waals surface area contributed by atoms with E-state index in [2.05, 4.69) is 5.32 Å². The van der Waals surface area contributed by atoms with Gasteiger partial charge in [0, 0.05) is 18.7 Å². The molecule has 0 bridgehead atoms. The van der Waals surface area contributed by atoms with E-state index in [9.17, 15) is 14.7 Å². The van der Waals surface area contributed by atoms with Gasteiger partial charge < -0.3 is 15.0 Å². The van der Waals surface area contributed by atoms with Crippen LogP contribution in [0.1, 0.15) is 45.2 Å². The molecule has 32 heavy (non-hydrogen) atoms. The molecule has 0 spiro atoms. The minimum atomic E-state index is -0.867. The summed E-state index contributed by atoms with van der Waals surface area (Å²) in [5, 5.41) is 13.6. The van der Waals surface area contributed by atoms with Crippen LogP contribution in [0.3, 0.4) is 0 Å². The van der Waals surface area contributed by atoms with Gasteiger partial charge in [0.25, 0.3) is 0 Å². The maximum atomic E-state index is 12.2. The van der Waals surface area contributed by atoms with Gasteiger partial charge in [-0.2, -0.15) is 0 Å². The number of carboxylic acids is 1. The fraction of sp³-hybridized carbons (Fsp3) is 0.400. The fourth-order valence-corrected chi connectivity index (χ4v) is 4.67.